The summed E-state index contributed by atoms with van der Waals surface area (Å²) in [5.74, 6) is -0.853. The van der Waals surface area contributed by atoms with E-state index in [4.69, 9.17) is 10.2 Å². The quantitative estimate of drug-likeness (QED) is 0.595. The molecule has 1 radical (unpaired) electrons. The van der Waals surface area contributed by atoms with Crippen molar-refractivity contribution >= 4 is 5.97 Å². The van der Waals surface area contributed by atoms with Gasteiger partial charge in [0.05, 0.1) is 0 Å². The van der Waals surface area contributed by atoms with Crippen molar-refractivity contribution in [1.82, 2.24) is 0 Å². The van der Waals surface area contributed by atoms with Crippen LogP contribution in [0.1, 0.15) is 12.8 Å². The van der Waals surface area contributed by atoms with E-state index in [2.05, 4.69) is 0 Å². The summed E-state index contributed by atoms with van der Waals surface area (Å²) in [4.78, 5) is 9.65. The summed E-state index contributed by atoms with van der Waals surface area (Å²) in [6.45, 7) is -0.0354. The summed E-state index contributed by atoms with van der Waals surface area (Å²) in [5.41, 5.74) is 0. The number of rotatable bonds is 3. The molecule has 0 aromatic heterocycles. The Morgan fingerprint density at radius 1 is 1.50 bits per heavy atom. The first-order chi connectivity index (χ1) is 3.27. The molecular weight excluding hydrogens is 147 g/mol. The fraction of sp³-hybridized carbons (Fsp3) is 0.750. The van der Waals surface area contributed by atoms with Crippen molar-refractivity contribution in [2.75, 3.05) is 6.61 Å². The molecular formula is C4H8O3V. The fourth-order valence-electron chi connectivity index (χ4n) is 0.230. The van der Waals surface area contributed by atoms with Crippen LogP contribution in [0.25, 0.3) is 0 Å². The van der Waals surface area contributed by atoms with E-state index in [-0.39, 0.29) is 31.6 Å². The van der Waals surface area contributed by atoms with Crippen molar-refractivity contribution in [3.63, 3.8) is 0 Å². The predicted octanol–water partition coefficient (Wildman–Crippen LogP) is -0.159. The third kappa shape index (κ3) is 9.38. The van der Waals surface area contributed by atoms with Crippen LogP contribution >= 0.6 is 0 Å². The molecule has 0 fully saturated rings. The number of carbonyl (C=O) groups is 1. The van der Waals surface area contributed by atoms with Crippen LogP contribution in [0, 0.1) is 0 Å². The second-order valence-electron chi connectivity index (χ2n) is 1.22. The monoisotopic (exact) mass is 155 g/mol. The number of aliphatic hydroxyl groups is 1. The van der Waals surface area contributed by atoms with E-state index >= 15 is 0 Å². The molecule has 0 unspecified atom stereocenters. The average Bonchev–Trinajstić information content (AvgIpc) is 1.61. The van der Waals surface area contributed by atoms with Crippen molar-refractivity contribution in [2.24, 2.45) is 0 Å². The molecule has 0 amide bonds. The maximum atomic E-state index is 9.65. The third-order valence-electron chi connectivity index (χ3n) is 0.549. The van der Waals surface area contributed by atoms with Crippen molar-refractivity contribution in [1.29, 1.82) is 0 Å². The Balaban J connectivity index is 0. The van der Waals surface area contributed by atoms with Gasteiger partial charge in [-0.25, -0.2) is 0 Å². The molecule has 4 heteroatoms. The van der Waals surface area contributed by atoms with Gasteiger partial charge in [0, 0.05) is 31.6 Å². The molecule has 2 N–H and O–H groups in total. The van der Waals surface area contributed by atoms with Crippen molar-refractivity contribution in [3.05, 3.63) is 0 Å². The molecule has 0 atom stereocenters. The van der Waals surface area contributed by atoms with Gasteiger partial charge in [0.25, 0.3) is 0 Å². The number of carboxylic acid groups (broad SMARTS) is 1. The van der Waals surface area contributed by atoms with Gasteiger partial charge in [-0.05, 0) is 6.42 Å². The van der Waals surface area contributed by atoms with E-state index in [1.807, 2.05) is 0 Å². The van der Waals surface area contributed by atoms with Crippen LogP contribution in [0.3, 0.4) is 0 Å². The maximum absolute atomic E-state index is 9.65. The van der Waals surface area contributed by atoms with E-state index in [1.165, 1.54) is 0 Å². The van der Waals surface area contributed by atoms with Crippen molar-refractivity contribution < 1.29 is 33.6 Å². The second kappa shape index (κ2) is 7.01. The minimum Gasteiger partial charge on any atom is -0.481 e. The van der Waals surface area contributed by atoms with Gasteiger partial charge in [0.15, 0.2) is 0 Å². The number of aliphatic hydroxyl groups excluding tert-OH is 1. The molecule has 0 aliphatic rings. The van der Waals surface area contributed by atoms with Crippen molar-refractivity contribution in [3.8, 4) is 0 Å². The summed E-state index contributed by atoms with van der Waals surface area (Å²) < 4.78 is 0. The molecule has 0 aliphatic heterocycles. The number of carboxylic acids is 1. The van der Waals surface area contributed by atoms with Gasteiger partial charge in [-0.1, -0.05) is 0 Å². The molecule has 0 saturated heterocycles. The SMILES string of the molecule is O=C(O)CCCO.[V]. The van der Waals surface area contributed by atoms with E-state index in [0.717, 1.165) is 0 Å². The van der Waals surface area contributed by atoms with E-state index in [0.29, 0.717) is 6.42 Å². The normalized spacial score (nSPS) is 7.62. The zero-order chi connectivity index (χ0) is 5.70. The van der Waals surface area contributed by atoms with E-state index < -0.39 is 5.97 Å². The number of hydrogen-bond donors (Lipinski definition) is 2. The predicted molar refractivity (Wildman–Crippen MR) is 24.0 cm³/mol. The van der Waals surface area contributed by atoms with Crippen LogP contribution in [-0.2, 0) is 23.4 Å². The van der Waals surface area contributed by atoms with E-state index in [1.54, 1.807) is 0 Å². The first-order valence-electron chi connectivity index (χ1n) is 2.10. The summed E-state index contributed by atoms with van der Waals surface area (Å²) in [6.07, 6.45) is 0.422. The van der Waals surface area contributed by atoms with Gasteiger partial charge >= 0.3 is 5.97 Å². The summed E-state index contributed by atoms with van der Waals surface area (Å²) in [5, 5.41) is 16.0. The molecule has 3 nitrogen and oxygen atoms in total. The molecule has 0 heterocycles. The van der Waals surface area contributed by atoms with Crippen LogP contribution < -0.4 is 0 Å². The topological polar surface area (TPSA) is 57.5 Å². The second-order valence-corrected chi connectivity index (χ2v) is 1.22. The Labute approximate surface area is 59.6 Å². The Kier molecular flexibility index (Phi) is 9.56. The Bertz CT molecular complexity index is 64.3. The molecule has 0 saturated carbocycles. The average molecular weight is 155 g/mol. The molecule has 0 bridgehead atoms. The summed E-state index contributed by atoms with van der Waals surface area (Å²) in [6, 6.07) is 0. The molecule has 0 aromatic carbocycles. The van der Waals surface area contributed by atoms with Gasteiger partial charge in [-0.15, -0.1) is 0 Å². The standard InChI is InChI=1S/C4H8O3.V/c5-3-1-2-4(6)7;/h5H,1-3H2,(H,6,7);. The smallest absolute Gasteiger partial charge is 0.303 e. The fourth-order valence-corrected chi connectivity index (χ4v) is 0.230. The molecule has 47 valence electrons. The van der Waals surface area contributed by atoms with Gasteiger partial charge in [-0.3, -0.25) is 4.79 Å². The van der Waals surface area contributed by atoms with Crippen LogP contribution in [0.15, 0.2) is 0 Å². The molecule has 0 spiro atoms. The first-order valence-corrected chi connectivity index (χ1v) is 2.10. The largest absolute Gasteiger partial charge is 0.481 e. The maximum Gasteiger partial charge on any atom is 0.303 e. The zero-order valence-corrected chi connectivity index (χ0v) is 5.77. The minimum atomic E-state index is -0.853. The van der Waals surface area contributed by atoms with Crippen LogP contribution in [0.2, 0.25) is 0 Å². The Morgan fingerprint density at radius 3 is 2.12 bits per heavy atom. The molecule has 0 aliphatic carbocycles. The summed E-state index contributed by atoms with van der Waals surface area (Å²) in [7, 11) is 0. The molecule has 8 heavy (non-hydrogen) atoms. The number of aliphatic carboxylic acids is 1. The summed E-state index contributed by atoms with van der Waals surface area (Å²) >= 11 is 0. The van der Waals surface area contributed by atoms with Gasteiger partial charge in [-0.2, -0.15) is 0 Å². The zero-order valence-electron chi connectivity index (χ0n) is 4.37. The van der Waals surface area contributed by atoms with Gasteiger partial charge in [0.1, 0.15) is 0 Å². The van der Waals surface area contributed by atoms with Crippen LogP contribution in [0.4, 0.5) is 0 Å². The third-order valence-corrected chi connectivity index (χ3v) is 0.549. The van der Waals surface area contributed by atoms with Crippen LogP contribution in [-0.4, -0.2) is 22.8 Å². The van der Waals surface area contributed by atoms with Crippen LogP contribution in [0.5, 0.6) is 0 Å². The first kappa shape index (κ1) is 10.9. The molecule has 0 aromatic rings. The number of hydrogen-bond acceptors (Lipinski definition) is 2. The molecule has 0 rings (SSSR count). The van der Waals surface area contributed by atoms with Gasteiger partial charge in [0.2, 0.25) is 0 Å². The minimum absolute atomic E-state index is 0. The van der Waals surface area contributed by atoms with E-state index in [9.17, 15) is 4.79 Å². The van der Waals surface area contributed by atoms with Crippen molar-refractivity contribution in [2.45, 2.75) is 12.8 Å². The van der Waals surface area contributed by atoms with Gasteiger partial charge < -0.3 is 10.2 Å². The Morgan fingerprint density at radius 2 is 2.00 bits per heavy atom. The Hall–Kier alpha value is 0.0144.